The first-order valence-corrected chi connectivity index (χ1v) is 6.19. The zero-order valence-electron chi connectivity index (χ0n) is 10.2. The predicted molar refractivity (Wildman–Crippen MR) is 75.5 cm³/mol. The molecule has 0 N–H and O–H groups in total. The quantitative estimate of drug-likeness (QED) is 0.632. The second-order valence-electron chi connectivity index (χ2n) is 4.33. The van der Waals surface area contributed by atoms with Gasteiger partial charge in [0.25, 0.3) is 0 Å². The number of benzene rings is 1. The molecule has 19 heavy (non-hydrogen) atoms. The molecule has 0 fully saturated rings. The number of pyridine rings is 1. The maximum absolute atomic E-state index is 11.9. The van der Waals surface area contributed by atoms with Gasteiger partial charge in [0, 0.05) is 11.6 Å². The van der Waals surface area contributed by atoms with Gasteiger partial charge in [-0.05, 0) is 19.1 Å². The van der Waals surface area contributed by atoms with Crippen molar-refractivity contribution < 1.29 is 4.42 Å². The van der Waals surface area contributed by atoms with Crippen LogP contribution >= 0.6 is 11.6 Å². The Hall–Kier alpha value is -2.13. The monoisotopic (exact) mass is 271 g/mol. The van der Waals surface area contributed by atoms with Gasteiger partial charge in [0.05, 0.1) is 10.9 Å². The van der Waals surface area contributed by atoms with Crippen molar-refractivity contribution in [1.82, 2.24) is 4.98 Å². The lowest BCUT2D eigenvalue weighted by Crippen LogP contribution is -2.01. The van der Waals surface area contributed by atoms with Crippen LogP contribution in [0.15, 0.2) is 51.7 Å². The summed E-state index contributed by atoms with van der Waals surface area (Å²) in [6, 6.07) is 12.7. The van der Waals surface area contributed by atoms with Crippen LogP contribution in [0, 0.1) is 6.92 Å². The molecule has 94 valence electrons. The Balaban J connectivity index is 2.25. The number of aromatic nitrogens is 1. The predicted octanol–water partition coefficient (Wildman–Crippen LogP) is 3.82. The van der Waals surface area contributed by atoms with E-state index in [2.05, 4.69) is 4.98 Å². The van der Waals surface area contributed by atoms with Crippen molar-refractivity contribution in [3.8, 4) is 11.3 Å². The fourth-order valence-electron chi connectivity index (χ4n) is 1.90. The Morgan fingerprint density at radius 3 is 2.58 bits per heavy atom. The molecule has 0 aliphatic heterocycles. The number of fused-ring (bicyclic) bond motifs is 1. The minimum Gasteiger partial charge on any atom is -0.422 e. The fraction of sp³-hybridized carbons (Fsp3) is 0.0667. The highest BCUT2D eigenvalue weighted by Crippen LogP contribution is 2.22. The Kier molecular flexibility index (Phi) is 2.84. The van der Waals surface area contributed by atoms with E-state index in [0.29, 0.717) is 21.8 Å². The molecular formula is C15H10ClNO2. The van der Waals surface area contributed by atoms with Crippen molar-refractivity contribution in [3.05, 3.63) is 63.6 Å². The fourth-order valence-corrected chi connectivity index (χ4v) is 2.06. The van der Waals surface area contributed by atoms with E-state index < -0.39 is 5.63 Å². The van der Waals surface area contributed by atoms with E-state index in [1.54, 1.807) is 18.2 Å². The van der Waals surface area contributed by atoms with Gasteiger partial charge in [-0.25, -0.2) is 9.78 Å². The van der Waals surface area contributed by atoms with E-state index >= 15 is 0 Å². The molecule has 2 heterocycles. The zero-order chi connectivity index (χ0) is 13.4. The zero-order valence-corrected chi connectivity index (χ0v) is 10.9. The molecule has 0 saturated carbocycles. The van der Waals surface area contributed by atoms with E-state index in [1.165, 1.54) is 0 Å². The molecule has 0 bridgehead atoms. The first kappa shape index (κ1) is 11.9. The number of halogens is 1. The third-order valence-electron chi connectivity index (χ3n) is 2.92. The Morgan fingerprint density at radius 2 is 1.84 bits per heavy atom. The Morgan fingerprint density at radius 1 is 1.11 bits per heavy atom. The van der Waals surface area contributed by atoms with Crippen LogP contribution in [0.1, 0.15) is 5.56 Å². The van der Waals surface area contributed by atoms with Crippen LogP contribution < -0.4 is 5.63 Å². The van der Waals surface area contributed by atoms with Gasteiger partial charge in [-0.3, -0.25) is 0 Å². The van der Waals surface area contributed by atoms with Gasteiger partial charge in [-0.15, -0.1) is 0 Å². The maximum Gasteiger partial charge on any atom is 0.345 e. The highest BCUT2D eigenvalue weighted by molar-refractivity contribution is 6.29. The van der Waals surface area contributed by atoms with Crippen molar-refractivity contribution in [2.75, 3.05) is 0 Å². The summed E-state index contributed by atoms with van der Waals surface area (Å²) >= 11 is 5.85. The van der Waals surface area contributed by atoms with Crippen molar-refractivity contribution in [1.29, 1.82) is 0 Å². The van der Waals surface area contributed by atoms with E-state index in [0.717, 1.165) is 11.1 Å². The molecule has 3 aromatic rings. The molecule has 4 heteroatoms. The topological polar surface area (TPSA) is 43.1 Å². The van der Waals surface area contributed by atoms with Gasteiger partial charge in [0.1, 0.15) is 10.9 Å². The van der Waals surface area contributed by atoms with Crippen molar-refractivity contribution in [2.24, 2.45) is 0 Å². The standard InChI is InChI=1S/C15H10ClNO2/c1-9-2-4-10(5-3-9)13-8-12-11(15(18)19-13)6-7-14(16)17-12/h2-8H,1H3. The summed E-state index contributed by atoms with van der Waals surface area (Å²) in [5, 5.41) is 0.785. The number of aryl methyl sites for hydroxylation is 1. The third-order valence-corrected chi connectivity index (χ3v) is 3.13. The van der Waals surface area contributed by atoms with Crippen molar-refractivity contribution >= 4 is 22.5 Å². The molecule has 0 aliphatic carbocycles. The van der Waals surface area contributed by atoms with Crippen molar-refractivity contribution in [2.45, 2.75) is 6.92 Å². The number of rotatable bonds is 1. The number of nitrogens with zero attached hydrogens (tertiary/aromatic N) is 1. The van der Waals surface area contributed by atoms with Gasteiger partial charge in [0.15, 0.2) is 0 Å². The van der Waals surface area contributed by atoms with E-state index in [1.807, 2.05) is 31.2 Å². The molecule has 0 atom stereocenters. The van der Waals surface area contributed by atoms with Gasteiger partial charge in [-0.1, -0.05) is 41.4 Å². The lowest BCUT2D eigenvalue weighted by atomic mass is 10.1. The second kappa shape index (κ2) is 4.52. The van der Waals surface area contributed by atoms with E-state index in [-0.39, 0.29) is 0 Å². The smallest absolute Gasteiger partial charge is 0.345 e. The SMILES string of the molecule is Cc1ccc(-c2cc3nc(Cl)ccc3c(=O)o2)cc1. The molecule has 0 aliphatic rings. The summed E-state index contributed by atoms with van der Waals surface area (Å²) in [5.74, 6) is 0.493. The highest BCUT2D eigenvalue weighted by atomic mass is 35.5. The number of hydrogen-bond acceptors (Lipinski definition) is 3. The molecule has 0 spiro atoms. The number of hydrogen-bond donors (Lipinski definition) is 0. The van der Waals surface area contributed by atoms with Gasteiger partial charge >= 0.3 is 5.63 Å². The molecule has 0 radical (unpaired) electrons. The summed E-state index contributed by atoms with van der Waals surface area (Å²) in [4.78, 5) is 16.0. The minimum atomic E-state index is -0.405. The summed E-state index contributed by atoms with van der Waals surface area (Å²) in [6.07, 6.45) is 0. The van der Waals surface area contributed by atoms with Crippen LogP contribution in [0.2, 0.25) is 5.15 Å². The highest BCUT2D eigenvalue weighted by Gasteiger charge is 2.08. The van der Waals surface area contributed by atoms with Gasteiger partial charge < -0.3 is 4.42 Å². The summed E-state index contributed by atoms with van der Waals surface area (Å²) in [5.41, 5.74) is 2.12. The normalized spacial score (nSPS) is 10.8. The molecule has 0 unspecified atom stereocenters. The summed E-state index contributed by atoms with van der Waals surface area (Å²) in [7, 11) is 0. The second-order valence-corrected chi connectivity index (χ2v) is 4.72. The molecule has 3 rings (SSSR count). The van der Waals surface area contributed by atoms with E-state index in [9.17, 15) is 4.79 Å². The summed E-state index contributed by atoms with van der Waals surface area (Å²) < 4.78 is 5.32. The average molecular weight is 272 g/mol. The van der Waals surface area contributed by atoms with Crippen LogP contribution in [0.3, 0.4) is 0 Å². The van der Waals surface area contributed by atoms with Crippen molar-refractivity contribution in [3.63, 3.8) is 0 Å². The third kappa shape index (κ3) is 2.25. The van der Waals surface area contributed by atoms with Crippen LogP contribution in [-0.2, 0) is 0 Å². The molecule has 1 aromatic carbocycles. The van der Waals surface area contributed by atoms with E-state index in [4.69, 9.17) is 16.0 Å². The first-order valence-electron chi connectivity index (χ1n) is 5.81. The Labute approximate surface area is 114 Å². The molecular weight excluding hydrogens is 262 g/mol. The molecule has 0 amide bonds. The van der Waals surface area contributed by atoms with Crippen LogP contribution in [0.5, 0.6) is 0 Å². The van der Waals surface area contributed by atoms with Crippen LogP contribution in [0.25, 0.3) is 22.2 Å². The van der Waals surface area contributed by atoms with Crippen LogP contribution in [0.4, 0.5) is 0 Å². The lowest BCUT2D eigenvalue weighted by Gasteiger charge is -2.03. The van der Waals surface area contributed by atoms with Gasteiger partial charge in [-0.2, -0.15) is 0 Å². The molecule has 2 aromatic heterocycles. The summed E-state index contributed by atoms with van der Waals surface area (Å²) in [6.45, 7) is 2.00. The Bertz CT molecular complexity index is 806. The maximum atomic E-state index is 11.9. The average Bonchev–Trinajstić information content (AvgIpc) is 2.38. The largest absolute Gasteiger partial charge is 0.422 e. The first-order chi connectivity index (χ1) is 9.13. The lowest BCUT2D eigenvalue weighted by molar-refractivity contribution is 0.534. The van der Waals surface area contributed by atoms with Gasteiger partial charge in [0.2, 0.25) is 0 Å². The minimum absolute atomic E-state index is 0.355. The molecule has 3 nitrogen and oxygen atoms in total. The van der Waals surface area contributed by atoms with Crippen LogP contribution in [-0.4, -0.2) is 4.98 Å². The molecule has 0 saturated heterocycles.